The van der Waals surface area contributed by atoms with Crippen molar-refractivity contribution < 1.29 is 4.42 Å². The summed E-state index contributed by atoms with van der Waals surface area (Å²) in [7, 11) is 0. The molecule has 1 heteroatoms. The number of benzene rings is 4. The van der Waals surface area contributed by atoms with E-state index in [9.17, 15) is 0 Å². The third kappa shape index (κ3) is 2.64. The fourth-order valence-corrected chi connectivity index (χ4v) is 3.89. The van der Waals surface area contributed by atoms with Crippen LogP contribution in [0.25, 0.3) is 38.6 Å². The highest BCUT2D eigenvalue weighted by molar-refractivity contribution is 6.09. The second kappa shape index (κ2) is 6.54. The molecule has 1 aromatic heterocycles. The highest BCUT2D eigenvalue weighted by Gasteiger charge is 2.12. The Morgan fingerprint density at radius 1 is 0.714 bits per heavy atom. The fourth-order valence-electron chi connectivity index (χ4n) is 3.89. The van der Waals surface area contributed by atoms with Crippen LogP contribution in [0.5, 0.6) is 0 Å². The molecule has 4 aromatic carbocycles. The monoisotopic (exact) mass is 360 g/mol. The lowest BCUT2D eigenvalue weighted by molar-refractivity contribution is 0.670. The summed E-state index contributed by atoms with van der Waals surface area (Å²) in [4.78, 5) is 0. The van der Waals surface area contributed by atoms with E-state index in [0.29, 0.717) is 0 Å². The van der Waals surface area contributed by atoms with Crippen molar-refractivity contribution in [2.45, 2.75) is 6.92 Å². The Hall–Kier alpha value is -3.58. The molecule has 0 saturated heterocycles. The Balaban J connectivity index is 1.58. The minimum Gasteiger partial charge on any atom is -0.455 e. The van der Waals surface area contributed by atoms with Gasteiger partial charge in [-0.1, -0.05) is 91.5 Å². The summed E-state index contributed by atoms with van der Waals surface area (Å²) in [5, 5.41) is 2.31. The van der Waals surface area contributed by atoms with Crippen LogP contribution in [0.3, 0.4) is 0 Å². The zero-order valence-electron chi connectivity index (χ0n) is 15.8. The van der Waals surface area contributed by atoms with Gasteiger partial charge in [0.05, 0.1) is 0 Å². The predicted molar refractivity (Wildman–Crippen MR) is 118 cm³/mol. The maximum absolute atomic E-state index is 6.18. The number of furan rings is 1. The van der Waals surface area contributed by atoms with Gasteiger partial charge in [0.2, 0.25) is 0 Å². The molecule has 1 heterocycles. The van der Waals surface area contributed by atoms with Crippen molar-refractivity contribution in [2.75, 3.05) is 0 Å². The maximum atomic E-state index is 6.18. The predicted octanol–water partition coefficient (Wildman–Crippen LogP) is 7.62. The Bertz CT molecular complexity index is 1320. The SMILES string of the molecule is C=C(c1ccc(-c2cccc3c2oc2ccccc23)cc1)c1ccccc1C. The van der Waals surface area contributed by atoms with Crippen molar-refractivity contribution in [1.82, 2.24) is 0 Å². The number of hydrogen-bond donors (Lipinski definition) is 0. The Kier molecular flexibility index (Phi) is 3.87. The lowest BCUT2D eigenvalue weighted by Gasteiger charge is -2.10. The third-order valence-corrected chi connectivity index (χ3v) is 5.42. The molecule has 0 aliphatic carbocycles. The Morgan fingerprint density at radius 2 is 1.43 bits per heavy atom. The van der Waals surface area contributed by atoms with E-state index in [0.717, 1.165) is 44.2 Å². The van der Waals surface area contributed by atoms with Gasteiger partial charge in [-0.25, -0.2) is 0 Å². The first-order valence-electron chi connectivity index (χ1n) is 9.48. The van der Waals surface area contributed by atoms with Gasteiger partial charge in [0.15, 0.2) is 0 Å². The first-order chi connectivity index (χ1) is 13.7. The Labute approximate surface area is 164 Å². The number of fused-ring (bicyclic) bond motifs is 3. The highest BCUT2D eigenvalue weighted by Crippen LogP contribution is 2.36. The highest BCUT2D eigenvalue weighted by atomic mass is 16.3. The van der Waals surface area contributed by atoms with Crippen molar-refractivity contribution >= 4 is 27.5 Å². The first-order valence-corrected chi connectivity index (χ1v) is 9.48. The summed E-state index contributed by atoms with van der Waals surface area (Å²) < 4.78 is 6.18. The van der Waals surface area contributed by atoms with E-state index in [1.54, 1.807) is 0 Å². The van der Waals surface area contributed by atoms with E-state index in [1.807, 2.05) is 12.1 Å². The molecule has 0 spiro atoms. The first kappa shape index (κ1) is 16.6. The standard InChI is InChI=1S/C27H20O/c1-18-8-3-4-9-22(18)19(2)20-14-16-21(17-15-20)23-11-7-12-25-24-10-5-6-13-26(24)28-27(23)25/h3-17H,2H2,1H3. The molecule has 0 bridgehead atoms. The lowest BCUT2D eigenvalue weighted by atomic mass is 9.94. The summed E-state index contributed by atoms with van der Waals surface area (Å²) in [6.07, 6.45) is 0. The largest absolute Gasteiger partial charge is 0.455 e. The zero-order valence-corrected chi connectivity index (χ0v) is 15.8. The molecular formula is C27H20O. The van der Waals surface area contributed by atoms with E-state index in [4.69, 9.17) is 4.42 Å². The molecule has 0 atom stereocenters. The molecule has 0 fully saturated rings. The molecule has 0 saturated carbocycles. The van der Waals surface area contributed by atoms with E-state index < -0.39 is 0 Å². The van der Waals surface area contributed by atoms with Crippen molar-refractivity contribution in [3.05, 3.63) is 114 Å². The van der Waals surface area contributed by atoms with Crippen molar-refractivity contribution in [2.24, 2.45) is 0 Å². The van der Waals surface area contributed by atoms with Gasteiger partial charge in [-0.15, -0.1) is 0 Å². The average molecular weight is 360 g/mol. The minimum absolute atomic E-state index is 0.925. The summed E-state index contributed by atoms with van der Waals surface area (Å²) in [6, 6.07) is 31.5. The van der Waals surface area contributed by atoms with Crippen LogP contribution in [0, 0.1) is 6.92 Å². The Morgan fingerprint density at radius 3 is 2.25 bits per heavy atom. The summed E-state index contributed by atoms with van der Waals surface area (Å²) >= 11 is 0. The molecule has 0 radical (unpaired) electrons. The van der Waals surface area contributed by atoms with E-state index in [1.165, 1.54) is 11.1 Å². The van der Waals surface area contributed by atoms with Crippen LogP contribution in [0.2, 0.25) is 0 Å². The third-order valence-electron chi connectivity index (χ3n) is 5.42. The van der Waals surface area contributed by atoms with Crippen LogP contribution in [0.15, 0.2) is 102 Å². The van der Waals surface area contributed by atoms with E-state index >= 15 is 0 Å². The van der Waals surface area contributed by atoms with Gasteiger partial charge in [-0.2, -0.15) is 0 Å². The van der Waals surface area contributed by atoms with Gasteiger partial charge in [-0.05, 0) is 40.8 Å². The van der Waals surface area contributed by atoms with E-state index in [2.05, 4.69) is 92.4 Å². The number of rotatable bonds is 3. The lowest BCUT2D eigenvalue weighted by Crippen LogP contribution is -1.90. The van der Waals surface area contributed by atoms with Crippen molar-refractivity contribution in [1.29, 1.82) is 0 Å². The van der Waals surface area contributed by atoms with Gasteiger partial charge < -0.3 is 4.42 Å². The molecule has 5 aromatic rings. The molecule has 0 aliphatic heterocycles. The number of hydrogen-bond acceptors (Lipinski definition) is 1. The second-order valence-corrected chi connectivity index (χ2v) is 7.15. The second-order valence-electron chi connectivity index (χ2n) is 7.15. The molecule has 0 N–H and O–H groups in total. The molecule has 134 valence electrons. The molecule has 5 rings (SSSR count). The molecule has 0 amide bonds. The van der Waals surface area contributed by atoms with Gasteiger partial charge in [0.25, 0.3) is 0 Å². The summed E-state index contributed by atoms with van der Waals surface area (Å²) in [5.41, 5.74) is 8.73. The van der Waals surface area contributed by atoms with Crippen LogP contribution in [-0.2, 0) is 0 Å². The quantitative estimate of drug-likeness (QED) is 0.322. The summed E-state index contributed by atoms with van der Waals surface area (Å²) in [5.74, 6) is 0. The number of aryl methyl sites for hydroxylation is 1. The van der Waals surface area contributed by atoms with Gasteiger partial charge in [0, 0.05) is 16.3 Å². The smallest absolute Gasteiger partial charge is 0.143 e. The van der Waals surface area contributed by atoms with Gasteiger partial charge in [-0.3, -0.25) is 0 Å². The molecule has 28 heavy (non-hydrogen) atoms. The minimum atomic E-state index is 0.925. The van der Waals surface area contributed by atoms with Crippen molar-refractivity contribution in [3.8, 4) is 11.1 Å². The van der Waals surface area contributed by atoms with Crippen molar-refractivity contribution in [3.63, 3.8) is 0 Å². The van der Waals surface area contributed by atoms with Crippen LogP contribution in [-0.4, -0.2) is 0 Å². The van der Waals surface area contributed by atoms with Gasteiger partial charge in [0.1, 0.15) is 11.2 Å². The van der Waals surface area contributed by atoms with Crippen LogP contribution >= 0.6 is 0 Å². The normalized spacial score (nSPS) is 11.2. The molecule has 1 nitrogen and oxygen atoms in total. The van der Waals surface area contributed by atoms with E-state index in [-0.39, 0.29) is 0 Å². The zero-order chi connectivity index (χ0) is 19.1. The maximum Gasteiger partial charge on any atom is 0.143 e. The average Bonchev–Trinajstić information content (AvgIpc) is 3.13. The number of para-hydroxylation sites is 2. The van der Waals surface area contributed by atoms with Crippen LogP contribution < -0.4 is 0 Å². The molecule has 0 unspecified atom stereocenters. The molecular weight excluding hydrogens is 340 g/mol. The topological polar surface area (TPSA) is 13.1 Å². The van der Waals surface area contributed by atoms with Crippen LogP contribution in [0.1, 0.15) is 16.7 Å². The fraction of sp³-hybridized carbons (Fsp3) is 0.0370. The van der Waals surface area contributed by atoms with Gasteiger partial charge >= 0.3 is 0 Å². The molecule has 0 aliphatic rings. The summed E-state index contributed by atoms with van der Waals surface area (Å²) in [6.45, 7) is 6.44. The van der Waals surface area contributed by atoms with Crippen LogP contribution in [0.4, 0.5) is 0 Å².